The lowest BCUT2D eigenvalue weighted by Crippen LogP contribution is -2.41. The maximum absolute atomic E-state index is 11.9. The van der Waals surface area contributed by atoms with E-state index < -0.39 is 18.0 Å². The number of hydrogen-bond donors (Lipinski definition) is 1. The Morgan fingerprint density at radius 2 is 1.90 bits per heavy atom. The molecule has 4 nitrogen and oxygen atoms in total. The molecule has 0 aromatic rings. The molecule has 112 valence electrons. The van der Waals surface area contributed by atoms with Crippen LogP contribution in [0.15, 0.2) is 23.3 Å². The van der Waals surface area contributed by atoms with Crippen LogP contribution >= 0.6 is 0 Å². The number of rotatable bonds is 4. The number of methoxy groups -OCH3 is 1. The van der Waals surface area contributed by atoms with Crippen LogP contribution in [-0.4, -0.2) is 30.1 Å². The van der Waals surface area contributed by atoms with E-state index in [-0.39, 0.29) is 11.7 Å². The minimum absolute atomic E-state index is 0.194. The normalized spacial score (nSPS) is 22.1. The van der Waals surface area contributed by atoms with E-state index in [2.05, 4.69) is 11.3 Å². The molecule has 0 radical (unpaired) electrons. The van der Waals surface area contributed by atoms with Crippen LogP contribution in [0.25, 0.3) is 0 Å². The lowest BCUT2D eigenvalue weighted by atomic mass is 9.71. The van der Waals surface area contributed by atoms with Crippen molar-refractivity contribution < 1.29 is 19.4 Å². The van der Waals surface area contributed by atoms with Gasteiger partial charge in [-0.25, -0.2) is 4.79 Å². The third kappa shape index (κ3) is 3.57. The van der Waals surface area contributed by atoms with Crippen molar-refractivity contribution in [2.24, 2.45) is 11.8 Å². The third-order valence-electron chi connectivity index (χ3n) is 4.13. The fourth-order valence-corrected chi connectivity index (χ4v) is 2.84. The van der Waals surface area contributed by atoms with Gasteiger partial charge in [-0.3, -0.25) is 4.79 Å². The van der Waals surface area contributed by atoms with Crippen molar-refractivity contribution in [1.82, 2.24) is 0 Å². The molecule has 4 heteroatoms. The van der Waals surface area contributed by atoms with Gasteiger partial charge in [0.15, 0.2) is 6.10 Å². The van der Waals surface area contributed by atoms with Gasteiger partial charge in [-0.15, -0.1) is 0 Å². The molecular weight excluding hydrogens is 256 g/mol. The first-order valence-corrected chi connectivity index (χ1v) is 6.88. The number of Topliss-reactive ketones (excluding diaryl/α,β-unsaturated/α-hetero) is 1. The molecule has 20 heavy (non-hydrogen) atoms. The molecule has 0 heterocycles. The second-order valence-corrected chi connectivity index (χ2v) is 5.68. The summed E-state index contributed by atoms with van der Waals surface area (Å²) in [7, 11) is 1.21. The quantitative estimate of drug-likeness (QED) is 0.634. The largest absolute Gasteiger partial charge is 0.467 e. The Kier molecular flexibility index (Phi) is 5.69. The Balaban J connectivity index is 3.06. The van der Waals surface area contributed by atoms with E-state index in [1.807, 2.05) is 13.8 Å². The smallest absolute Gasteiger partial charge is 0.335 e. The average Bonchev–Trinajstić information content (AvgIpc) is 2.39. The number of hydrogen-bond acceptors (Lipinski definition) is 4. The Hall–Kier alpha value is -1.42. The number of ether oxygens (including phenoxy) is 1. The lowest BCUT2D eigenvalue weighted by Gasteiger charge is -2.34. The van der Waals surface area contributed by atoms with E-state index in [1.54, 1.807) is 0 Å². The highest BCUT2D eigenvalue weighted by Crippen LogP contribution is 2.39. The first kappa shape index (κ1) is 16.6. The van der Waals surface area contributed by atoms with Crippen molar-refractivity contribution in [3.05, 3.63) is 23.3 Å². The van der Waals surface area contributed by atoms with Crippen LogP contribution in [0.1, 0.15) is 40.0 Å². The zero-order valence-corrected chi connectivity index (χ0v) is 12.7. The van der Waals surface area contributed by atoms with Crippen molar-refractivity contribution in [1.29, 1.82) is 0 Å². The molecule has 1 aliphatic carbocycles. The van der Waals surface area contributed by atoms with Gasteiger partial charge in [0.25, 0.3) is 0 Å². The monoisotopic (exact) mass is 280 g/mol. The van der Waals surface area contributed by atoms with Gasteiger partial charge in [-0.2, -0.15) is 0 Å². The molecule has 0 amide bonds. The Morgan fingerprint density at radius 3 is 2.35 bits per heavy atom. The molecule has 0 aromatic carbocycles. The summed E-state index contributed by atoms with van der Waals surface area (Å²) in [5.74, 6) is -1.93. The Morgan fingerprint density at radius 1 is 1.30 bits per heavy atom. The summed E-state index contributed by atoms with van der Waals surface area (Å²) >= 11 is 0. The van der Waals surface area contributed by atoms with E-state index in [4.69, 9.17) is 0 Å². The summed E-state index contributed by atoms with van der Waals surface area (Å²) in [5, 5.41) is 10.1. The first-order valence-electron chi connectivity index (χ1n) is 6.88. The second kappa shape index (κ2) is 6.84. The van der Waals surface area contributed by atoms with Gasteiger partial charge in [-0.1, -0.05) is 23.3 Å². The maximum atomic E-state index is 11.9. The van der Waals surface area contributed by atoms with Crippen LogP contribution in [0.2, 0.25) is 0 Å². The fourth-order valence-electron chi connectivity index (χ4n) is 2.84. The predicted molar refractivity (Wildman–Crippen MR) is 77.0 cm³/mol. The number of carbonyl (C=O) groups excluding carboxylic acids is 2. The molecule has 1 aliphatic rings. The van der Waals surface area contributed by atoms with E-state index in [9.17, 15) is 14.7 Å². The van der Waals surface area contributed by atoms with E-state index in [0.29, 0.717) is 6.42 Å². The molecule has 0 bridgehead atoms. The molecule has 0 aliphatic heterocycles. The van der Waals surface area contributed by atoms with Crippen LogP contribution in [0.4, 0.5) is 0 Å². The highest BCUT2D eigenvalue weighted by atomic mass is 16.5. The lowest BCUT2D eigenvalue weighted by molar-refractivity contribution is -0.157. The minimum atomic E-state index is -1.42. The number of aliphatic hydroxyl groups is 1. The van der Waals surface area contributed by atoms with Crippen molar-refractivity contribution in [3.8, 4) is 0 Å². The number of esters is 1. The average molecular weight is 280 g/mol. The molecule has 0 aromatic heterocycles. The Bertz CT molecular complexity index is 443. The standard InChI is InChI=1S/C16H24O4/c1-9(2)12-7-6-10(3)13(8-12)14(11(4)17)15(18)16(19)20-5/h13-15,18H,3,6-8H2,1-2,4-5H3. The SMILES string of the molecule is C=C1CCC(=C(C)C)CC1C(C(C)=O)C(O)C(=O)OC. The zero-order chi connectivity index (χ0) is 15.4. The molecule has 0 spiro atoms. The summed E-state index contributed by atoms with van der Waals surface area (Å²) in [6.45, 7) is 9.51. The van der Waals surface area contributed by atoms with Gasteiger partial charge in [-0.05, 0) is 46.0 Å². The molecular formula is C16H24O4. The van der Waals surface area contributed by atoms with Crippen LogP contribution < -0.4 is 0 Å². The van der Waals surface area contributed by atoms with Crippen molar-refractivity contribution in [2.45, 2.75) is 46.1 Å². The van der Waals surface area contributed by atoms with Gasteiger partial charge < -0.3 is 9.84 Å². The first-order chi connectivity index (χ1) is 9.29. The van der Waals surface area contributed by atoms with Gasteiger partial charge >= 0.3 is 5.97 Å². The molecule has 1 fully saturated rings. The Labute approximate surface area is 120 Å². The number of carbonyl (C=O) groups is 2. The summed E-state index contributed by atoms with van der Waals surface area (Å²) < 4.78 is 4.56. The summed E-state index contributed by atoms with van der Waals surface area (Å²) in [4.78, 5) is 23.5. The van der Waals surface area contributed by atoms with Crippen LogP contribution in [0.3, 0.4) is 0 Å². The topological polar surface area (TPSA) is 63.6 Å². The van der Waals surface area contributed by atoms with Crippen LogP contribution in [0.5, 0.6) is 0 Å². The number of allylic oxidation sites excluding steroid dienone is 3. The van der Waals surface area contributed by atoms with Gasteiger partial charge in [0.1, 0.15) is 5.78 Å². The highest BCUT2D eigenvalue weighted by Gasteiger charge is 2.39. The van der Waals surface area contributed by atoms with Crippen molar-refractivity contribution in [2.75, 3.05) is 7.11 Å². The highest BCUT2D eigenvalue weighted by molar-refractivity contribution is 5.87. The molecule has 1 N–H and O–H groups in total. The minimum Gasteiger partial charge on any atom is -0.467 e. The summed E-state index contributed by atoms with van der Waals surface area (Å²) in [5.41, 5.74) is 3.45. The van der Waals surface area contributed by atoms with Crippen LogP contribution in [-0.2, 0) is 14.3 Å². The molecule has 1 rings (SSSR count). The summed E-state index contributed by atoms with van der Waals surface area (Å²) in [6.07, 6.45) is 0.995. The predicted octanol–water partition coefficient (Wildman–Crippen LogP) is 2.42. The van der Waals surface area contributed by atoms with E-state index in [0.717, 1.165) is 18.4 Å². The molecule has 3 atom stereocenters. The van der Waals surface area contributed by atoms with Crippen molar-refractivity contribution >= 4 is 11.8 Å². The molecule has 1 saturated carbocycles. The van der Waals surface area contributed by atoms with Crippen LogP contribution in [0, 0.1) is 11.8 Å². The van der Waals surface area contributed by atoms with Gasteiger partial charge in [0.05, 0.1) is 13.0 Å². The summed E-state index contributed by atoms with van der Waals surface area (Å²) in [6, 6.07) is 0. The zero-order valence-electron chi connectivity index (χ0n) is 12.7. The van der Waals surface area contributed by atoms with E-state index in [1.165, 1.54) is 25.2 Å². The molecule has 3 unspecified atom stereocenters. The second-order valence-electron chi connectivity index (χ2n) is 5.68. The maximum Gasteiger partial charge on any atom is 0.335 e. The van der Waals surface area contributed by atoms with E-state index >= 15 is 0 Å². The van der Waals surface area contributed by atoms with Gasteiger partial charge in [0.2, 0.25) is 0 Å². The van der Waals surface area contributed by atoms with Crippen molar-refractivity contribution in [3.63, 3.8) is 0 Å². The number of ketones is 1. The van der Waals surface area contributed by atoms with Gasteiger partial charge in [0, 0.05) is 0 Å². The molecule has 0 saturated heterocycles. The third-order valence-corrected chi connectivity index (χ3v) is 4.13. The number of aliphatic hydroxyl groups excluding tert-OH is 1. The fraction of sp³-hybridized carbons (Fsp3) is 0.625.